The fourth-order valence-corrected chi connectivity index (χ4v) is 3.15. The molecule has 0 aromatic heterocycles. The zero-order chi connectivity index (χ0) is 18.7. The van der Waals surface area contributed by atoms with Crippen molar-refractivity contribution in [1.82, 2.24) is 0 Å². The highest BCUT2D eigenvalue weighted by Crippen LogP contribution is 2.29. The lowest BCUT2D eigenvalue weighted by Crippen LogP contribution is -2.28. The number of para-hydroxylation sites is 1. The van der Waals surface area contributed by atoms with Gasteiger partial charge < -0.3 is 16.0 Å². The first-order valence-electron chi connectivity index (χ1n) is 8.58. The molecule has 3 N–H and O–H groups in total. The Labute approximate surface area is 152 Å². The van der Waals surface area contributed by atoms with Crippen molar-refractivity contribution < 1.29 is 14.4 Å². The summed E-state index contributed by atoms with van der Waals surface area (Å²) in [5.41, 5.74) is 8.11. The number of anilines is 2. The van der Waals surface area contributed by atoms with E-state index in [-0.39, 0.29) is 18.2 Å². The van der Waals surface area contributed by atoms with Crippen molar-refractivity contribution in [3.63, 3.8) is 0 Å². The van der Waals surface area contributed by atoms with Crippen LogP contribution in [0, 0.1) is 5.92 Å². The molecule has 0 bridgehead atoms. The molecule has 0 radical (unpaired) electrons. The molecule has 2 aromatic rings. The number of carbonyl (C=O) groups excluding carboxylic acids is 3. The number of nitrogens with two attached hydrogens (primary N) is 1. The Morgan fingerprint density at radius 1 is 1.15 bits per heavy atom. The Hall–Kier alpha value is -3.15. The van der Waals surface area contributed by atoms with E-state index in [4.69, 9.17) is 5.73 Å². The number of nitrogens with one attached hydrogen (secondary N) is 1. The third kappa shape index (κ3) is 3.59. The second-order valence-electron chi connectivity index (χ2n) is 6.32. The fourth-order valence-electron chi connectivity index (χ4n) is 3.15. The second kappa shape index (κ2) is 7.39. The third-order valence-corrected chi connectivity index (χ3v) is 4.60. The third-order valence-electron chi connectivity index (χ3n) is 4.60. The van der Waals surface area contributed by atoms with E-state index in [1.807, 2.05) is 31.2 Å². The highest BCUT2D eigenvalue weighted by Gasteiger charge is 2.35. The highest BCUT2D eigenvalue weighted by molar-refractivity contribution is 6.04. The Morgan fingerprint density at radius 3 is 2.50 bits per heavy atom. The van der Waals surface area contributed by atoms with Crippen LogP contribution in [0.3, 0.4) is 0 Å². The van der Waals surface area contributed by atoms with Crippen LogP contribution < -0.4 is 16.0 Å². The molecular weight excluding hydrogens is 330 g/mol. The number of primary amides is 1. The molecule has 0 spiro atoms. The standard InChI is InChI=1S/C20H21N3O3/c1-2-13-5-3-4-6-17(13)23-12-15(11-18(23)24)20(26)22-16-9-7-14(8-10-16)19(21)25/h3-10,15H,2,11-12H2,1H3,(H2,21,25)(H,22,26)/t15-/m1/s1. The lowest BCUT2D eigenvalue weighted by Gasteiger charge is -2.20. The van der Waals surface area contributed by atoms with Crippen LogP contribution in [0.2, 0.25) is 0 Å². The summed E-state index contributed by atoms with van der Waals surface area (Å²) in [5.74, 6) is -1.19. The van der Waals surface area contributed by atoms with Crippen molar-refractivity contribution in [3.05, 3.63) is 59.7 Å². The van der Waals surface area contributed by atoms with Crippen LogP contribution >= 0.6 is 0 Å². The van der Waals surface area contributed by atoms with Crippen LogP contribution in [0.15, 0.2) is 48.5 Å². The summed E-state index contributed by atoms with van der Waals surface area (Å²) in [5, 5.41) is 2.80. The molecule has 0 saturated carbocycles. The van der Waals surface area contributed by atoms with Gasteiger partial charge in [0.15, 0.2) is 0 Å². The van der Waals surface area contributed by atoms with Crippen molar-refractivity contribution >= 4 is 29.1 Å². The quantitative estimate of drug-likeness (QED) is 0.866. The van der Waals surface area contributed by atoms with Gasteiger partial charge in [-0.25, -0.2) is 0 Å². The average molecular weight is 351 g/mol. The van der Waals surface area contributed by atoms with Gasteiger partial charge >= 0.3 is 0 Å². The van der Waals surface area contributed by atoms with Gasteiger partial charge in [0.2, 0.25) is 17.7 Å². The fraction of sp³-hybridized carbons (Fsp3) is 0.250. The number of amides is 3. The van der Waals surface area contributed by atoms with Gasteiger partial charge in [-0.2, -0.15) is 0 Å². The number of benzene rings is 2. The Kier molecular flexibility index (Phi) is 5.02. The molecular formula is C20H21N3O3. The second-order valence-corrected chi connectivity index (χ2v) is 6.32. The van der Waals surface area contributed by atoms with Gasteiger partial charge in [0.05, 0.1) is 5.92 Å². The van der Waals surface area contributed by atoms with Crippen molar-refractivity contribution in [2.45, 2.75) is 19.8 Å². The SMILES string of the molecule is CCc1ccccc1N1C[C@H](C(=O)Nc2ccc(C(N)=O)cc2)CC1=O. The first-order chi connectivity index (χ1) is 12.5. The minimum absolute atomic E-state index is 0.0462. The number of carbonyl (C=O) groups is 3. The van der Waals surface area contributed by atoms with Crippen LogP contribution in [0.5, 0.6) is 0 Å². The van der Waals surface area contributed by atoms with E-state index in [1.54, 1.807) is 29.2 Å². The van der Waals surface area contributed by atoms with Crippen LogP contribution in [-0.4, -0.2) is 24.3 Å². The minimum Gasteiger partial charge on any atom is -0.366 e. The minimum atomic E-state index is -0.519. The van der Waals surface area contributed by atoms with E-state index in [1.165, 1.54) is 0 Å². The van der Waals surface area contributed by atoms with Crippen LogP contribution in [0.4, 0.5) is 11.4 Å². The summed E-state index contributed by atoms with van der Waals surface area (Å²) in [6.45, 7) is 2.40. The smallest absolute Gasteiger partial charge is 0.248 e. The van der Waals surface area contributed by atoms with E-state index in [2.05, 4.69) is 5.32 Å². The molecule has 1 heterocycles. The van der Waals surface area contributed by atoms with Crippen LogP contribution in [0.1, 0.15) is 29.3 Å². The lowest BCUT2D eigenvalue weighted by molar-refractivity contribution is -0.122. The molecule has 3 amide bonds. The Bertz CT molecular complexity index is 846. The molecule has 1 fully saturated rings. The topological polar surface area (TPSA) is 92.5 Å². The average Bonchev–Trinajstić information content (AvgIpc) is 3.04. The summed E-state index contributed by atoms with van der Waals surface area (Å²) in [6, 6.07) is 14.1. The van der Waals surface area contributed by atoms with Crippen molar-refractivity contribution in [2.75, 3.05) is 16.8 Å². The van der Waals surface area contributed by atoms with E-state index < -0.39 is 11.8 Å². The summed E-state index contributed by atoms with van der Waals surface area (Å²) < 4.78 is 0. The van der Waals surface area contributed by atoms with Crippen molar-refractivity contribution in [1.29, 1.82) is 0 Å². The van der Waals surface area contributed by atoms with E-state index >= 15 is 0 Å². The number of rotatable bonds is 5. The normalized spacial score (nSPS) is 16.6. The van der Waals surface area contributed by atoms with E-state index in [9.17, 15) is 14.4 Å². The Balaban J connectivity index is 1.70. The predicted octanol–water partition coefficient (Wildman–Crippen LogP) is 2.34. The number of nitrogens with zero attached hydrogens (tertiary/aromatic N) is 1. The van der Waals surface area contributed by atoms with Crippen molar-refractivity contribution in [2.24, 2.45) is 11.7 Å². The Morgan fingerprint density at radius 2 is 1.85 bits per heavy atom. The van der Waals surface area contributed by atoms with Gasteiger partial charge in [0, 0.05) is 29.9 Å². The summed E-state index contributed by atoms with van der Waals surface area (Å²) in [4.78, 5) is 37.7. The molecule has 1 atom stereocenters. The molecule has 3 rings (SSSR count). The number of hydrogen-bond donors (Lipinski definition) is 2. The molecule has 0 aliphatic carbocycles. The predicted molar refractivity (Wildman–Crippen MR) is 99.9 cm³/mol. The van der Waals surface area contributed by atoms with Crippen LogP contribution in [0.25, 0.3) is 0 Å². The molecule has 2 aromatic carbocycles. The maximum absolute atomic E-state index is 12.5. The maximum atomic E-state index is 12.5. The zero-order valence-electron chi connectivity index (χ0n) is 14.6. The summed E-state index contributed by atoms with van der Waals surface area (Å²) in [6.07, 6.45) is 1.01. The van der Waals surface area contributed by atoms with Crippen LogP contribution in [-0.2, 0) is 16.0 Å². The van der Waals surface area contributed by atoms with Gasteiger partial charge in [-0.05, 0) is 42.3 Å². The number of hydrogen-bond acceptors (Lipinski definition) is 3. The van der Waals surface area contributed by atoms with Gasteiger partial charge in [-0.3, -0.25) is 14.4 Å². The molecule has 0 unspecified atom stereocenters. The first-order valence-corrected chi connectivity index (χ1v) is 8.58. The molecule has 1 saturated heterocycles. The van der Waals surface area contributed by atoms with Gasteiger partial charge in [-0.15, -0.1) is 0 Å². The summed E-state index contributed by atoms with van der Waals surface area (Å²) >= 11 is 0. The maximum Gasteiger partial charge on any atom is 0.248 e. The molecule has 6 heteroatoms. The van der Waals surface area contributed by atoms with Gasteiger partial charge in [0.25, 0.3) is 0 Å². The van der Waals surface area contributed by atoms with Gasteiger partial charge in [-0.1, -0.05) is 25.1 Å². The highest BCUT2D eigenvalue weighted by atomic mass is 16.2. The first kappa shape index (κ1) is 17.7. The number of aryl methyl sites for hydroxylation is 1. The monoisotopic (exact) mass is 351 g/mol. The largest absolute Gasteiger partial charge is 0.366 e. The zero-order valence-corrected chi connectivity index (χ0v) is 14.6. The van der Waals surface area contributed by atoms with Gasteiger partial charge in [0.1, 0.15) is 0 Å². The molecule has 6 nitrogen and oxygen atoms in total. The molecule has 1 aliphatic heterocycles. The lowest BCUT2D eigenvalue weighted by atomic mass is 10.1. The molecule has 26 heavy (non-hydrogen) atoms. The van der Waals surface area contributed by atoms with E-state index in [0.717, 1.165) is 17.7 Å². The van der Waals surface area contributed by atoms with Crippen molar-refractivity contribution in [3.8, 4) is 0 Å². The molecule has 1 aliphatic rings. The summed E-state index contributed by atoms with van der Waals surface area (Å²) in [7, 11) is 0. The van der Waals surface area contributed by atoms with E-state index in [0.29, 0.717) is 17.8 Å². The molecule has 134 valence electrons.